The molecule has 2 aromatic carbocycles. The van der Waals surface area contributed by atoms with E-state index in [-0.39, 0.29) is 5.82 Å². The zero-order valence-electron chi connectivity index (χ0n) is 10.5. The summed E-state index contributed by atoms with van der Waals surface area (Å²) in [4.78, 5) is 0.440. The van der Waals surface area contributed by atoms with Gasteiger partial charge in [-0.3, -0.25) is 0 Å². The van der Waals surface area contributed by atoms with Gasteiger partial charge in [-0.25, -0.2) is 13.4 Å². The number of nitrogens with two attached hydrogens (primary N) is 1. The molecule has 1 atom stereocenters. The molecule has 1 unspecified atom stereocenters. The van der Waals surface area contributed by atoms with Crippen LogP contribution in [-0.2, 0) is 16.3 Å². The molecule has 0 fully saturated rings. The van der Waals surface area contributed by atoms with Crippen LogP contribution in [0.3, 0.4) is 0 Å². The highest BCUT2D eigenvalue weighted by Crippen LogP contribution is 2.25. The Balaban J connectivity index is 2.43. The lowest BCUT2D eigenvalue weighted by molar-refractivity contribution is 0.629. The second-order valence-electron chi connectivity index (χ2n) is 4.39. The van der Waals surface area contributed by atoms with E-state index in [1.165, 1.54) is 12.3 Å². The van der Waals surface area contributed by atoms with Gasteiger partial charge in [0.25, 0.3) is 0 Å². The van der Waals surface area contributed by atoms with Gasteiger partial charge in [0.05, 0.1) is 9.73 Å². The first-order valence-electron chi connectivity index (χ1n) is 5.74. The van der Waals surface area contributed by atoms with E-state index in [1.54, 1.807) is 36.4 Å². The van der Waals surface area contributed by atoms with Crippen LogP contribution in [0.4, 0.5) is 4.39 Å². The van der Waals surface area contributed by atoms with E-state index in [0.717, 1.165) is 5.56 Å². The molecule has 5 heteroatoms. The van der Waals surface area contributed by atoms with Crippen molar-refractivity contribution in [2.75, 3.05) is 6.26 Å². The zero-order chi connectivity index (χ0) is 14.0. The third-order valence-corrected chi connectivity index (χ3v) is 4.06. The Kier molecular flexibility index (Phi) is 3.68. The second-order valence-corrected chi connectivity index (χ2v) is 6.55. The molecule has 0 bridgehead atoms. The molecule has 2 aromatic rings. The van der Waals surface area contributed by atoms with Gasteiger partial charge in [0, 0.05) is 23.3 Å². The Labute approximate surface area is 112 Å². The molecule has 0 amide bonds. The standard InChI is InChI=1S/C14H15FN2OS/c1-19(17,18)12-5-3-11(4-6-12)13-7-2-10(9-16)8-14(13)15/h2-8,17H,9,16H2,1H3. The number of benzene rings is 2. The van der Waals surface area contributed by atoms with Crippen LogP contribution in [-0.4, -0.2) is 10.5 Å². The first-order chi connectivity index (χ1) is 8.91. The van der Waals surface area contributed by atoms with Crippen LogP contribution in [0.25, 0.3) is 11.1 Å². The third-order valence-electron chi connectivity index (χ3n) is 2.88. The van der Waals surface area contributed by atoms with Crippen LogP contribution < -0.4 is 5.73 Å². The minimum absolute atomic E-state index is 0.298. The zero-order valence-corrected chi connectivity index (χ0v) is 11.3. The second kappa shape index (κ2) is 5.11. The summed E-state index contributed by atoms with van der Waals surface area (Å²) in [6.07, 6.45) is 1.36. The number of hydrogen-bond acceptors (Lipinski definition) is 3. The Morgan fingerprint density at radius 2 is 1.84 bits per heavy atom. The average molecular weight is 278 g/mol. The van der Waals surface area contributed by atoms with Crippen molar-refractivity contribution in [1.29, 1.82) is 4.78 Å². The van der Waals surface area contributed by atoms with E-state index in [1.807, 2.05) is 0 Å². The maximum absolute atomic E-state index is 13.9. The van der Waals surface area contributed by atoms with Crippen molar-refractivity contribution in [3.8, 4) is 11.1 Å². The fourth-order valence-electron chi connectivity index (χ4n) is 1.81. The Morgan fingerprint density at radius 1 is 1.21 bits per heavy atom. The van der Waals surface area contributed by atoms with Crippen molar-refractivity contribution in [3.63, 3.8) is 0 Å². The Hall–Kier alpha value is -1.72. The van der Waals surface area contributed by atoms with Crippen molar-refractivity contribution in [1.82, 2.24) is 0 Å². The van der Waals surface area contributed by atoms with Crippen molar-refractivity contribution < 1.29 is 8.60 Å². The van der Waals surface area contributed by atoms with Gasteiger partial charge in [0.15, 0.2) is 0 Å². The van der Waals surface area contributed by atoms with Crippen molar-refractivity contribution in [3.05, 3.63) is 53.8 Å². The van der Waals surface area contributed by atoms with Crippen LogP contribution in [0.1, 0.15) is 5.56 Å². The maximum Gasteiger partial charge on any atom is 0.131 e. The summed E-state index contributed by atoms with van der Waals surface area (Å²) in [6, 6.07) is 11.4. The topological polar surface area (TPSA) is 66.9 Å². The maximum atomic E-state index is 13.9. The fourth-order valence-corrected chi connectivity index (χ4v) is 2.47. The van der Waals surface area contributed by atoms with Crippen LogP contribution in [0.5, 0.6) is 0 Å². The minimum Gasteiger partial charge on any atom is -0.326 e. The van der Waals surface area contributed by atoms with Crippen LogP contribution in [0.2, 0.25) is 0 Å². The first kappa shape index (κ1) is 13.7. The minimum atomic E-state index is -2.73. The quantitative estimate of drug-likeness (QED) is 0.906. The summed E-state index contributed by atoms with van der Waals surface area (Å²) >= 11 is 0. The van der Waals surface area contributed by atoms with E-state index >= 15 is 0 Å². The molecule has 0 aliphatic rings. The summed E-state index contributed by atoms with van der Waals surface area (Å²) in [5.41, 5.74) is 7.35. The fraction of sp³-hybridized carbons (Fsp3) is 0.143. The van der Waals surface area contributed by atoms with E-state index in [9.17, 15) is 8.60 Å². The van der Waals surface area contributed by atoms with Gasteiger partial charge < -0.3 is 5.73 Å². The predicted molar refractivity (Wildman–Crippen MR) is 74.8 cm³/mol. The monoisotopic (exact) mass is 278 g/mol. The van der Waals surface area contributed by atoms with E-state index < -0.39 is 9.73 Å². The Bertz CT molecular complexity index is 694. The van der Waals surface area contributed by atoms with E-state index in [0.29, 0.717) is 22.6 Å². The molecule has 19 heavy (non-hydrogen) atoms. The molecule has 0 saturated carbocycles. The molecule has 0 saturated heterocycles. The smallest absolute Gasteiger partial charge is 0.131 e. The van der Waals surface area contributed by atoms with Crippen LogP contribution in [0.15, 0.2) is 47.4 Å². The van der Waals surface area contributed by atoms with Gasteiger partial charge in [0.2, 0.25) is 0 Å². The molecular weight excluding hydrogens is 263 g/mol. The predicted octanol–water partition coefficient (Wildman–Crippen LogP) is 2.99. The molecule has 100 valence electrons. The highest BCUT2D eigenvalue weighted by atomic mass is 32.2. The molecule has 0 heterocycles. The molecule has 0 aliphatic carbocycles. The van der Waals surface area contributed by atoms with Gasteiger partial charge in [0.1, 0.15) is 5.82 Å². The lowest BCUT2D eigenvalue weighted by atomic mass is 10.0. The molecule has 0 spiro atoms. The van der Waals surface area contributed by atoms with Gasteiger partial charge in [-0.2, -0.15) is 0 Å². The number of nitrogens with one attached hydrogen (secondary N) is 1. The molecular formula is C14H15FN2OS. The number of halogens is 1. The molecule has 3 N–H and O–H groups in total. The van der Waals surface area contributed by atoms with E-state index in [2.05, 4.69) is 0 Å². The van der Waals surface area contributed by atoms with Crippen molar-refractivity contribution in [2.24, 2.45) is 5.73 Å². The summed E-state index contributed by atoms with van der Waals surface area (Å²) in [5.74, 6) is -0.334. The SMILES string of the molecule is CS(=N)(=O)c1ccc(-c2ccc(CN)cc2F)cc1. The lowest BCUT2D eigenvalue weighted by Gasteiger charge is -2.07. The van der Waals surface area contributed by atoms with E-state index in [4.69, 9.17) is 10.5 Å². The third kappa shape index (κ3) is 3.00. The highest BCUT2D eigenvalue weighted by molar-refractivity contribution is 7.91. The normalized spacial score (nSPS) is 14.1. The molecule has 2 rings (SSSR count). The van der Waals surface area contributed by atoms with Gasteiger partial charge in [-0.1, -0.05) is 24.3 Å². The van der Waals surface area contributed by atoms with Crippen molar-refractivity contribution in [2.45, 2.75) is 11.4 Å². The number of hydrogen-bond donors (Lipinski definition) is 2. The van der Waals surface area contributed by atoms with Crippen LogP contribution in [0, 0.1) is 10.6 Å². The first-order valence-corrected chi connectivity index (χ1v) is 7.71. The molecule has 0 aliphatic heterocycles. The highest BCUT2D eigenvalue weighted by Gasteiger charge is 2.08. The summed E-state index contributed by atoms with van der Waals surface area (Å²) in [6.45, 7) is 0.298. The Morgan fingerprint density at radius 3 is 2.32 bits per heavy atom. The van der Waals surface area contributed by atoms with Crippen molar-refractivity contribution >= 4 is 9.73 Å². The molecule has 0 aromatic heterocycles. The van der Waals surface area contributed by atoms with Crippen LogP contribution >= 0.6 is 0 Å². The van der Waals surface area contributed by atoms with Gasteiger partial charge >= 0.3 is 0 Å². The molecule has 0 radical (unpaired) electrons. The summed E-state index contributed by atoms with van der Waals surface area (Å²) in [5, 5.41) is 0. The molecule has 3 nitrogen and oxygen atoms in total. The summed E-state index contributed by atoms with van der Waals surface area (Å²) < 4.78 is 33.0. The van der Waals surface area contributed by atoms with Gasteiger partial charge in [-0.15, -0.1) is 0 Å². The average Bonchev–Trinajstić information content (AvgIpc) is 2.37. The lowest BCUT2D eigenvalue weighted by Crippen LogP contribution is -1.98. The number of rotatable bonds is 3. The van der Waals surface area contributed by atoms with Gasteiger partial charge in [-0.05, 0) is 29.3 Å². The summed E-state index contributed by atoms with van der Waals surface area (Å²) in [7, 11) is -2.73. The largest absolute Gasteiger partial charge is 0.326 e.